The summed E-state index contributed by atoms with van der Waals surface area (Å²) in [4.78, 5) is 0. The van der Waals surface area contributed by atoms with Crippen LogP contribution in [0.4, 0.5) is 4.39 Å². The first-order valence-corrected chi connectivity index (χ1v) is 6.89. The van der Waals surface area contributed by atoms with Crippen molar-refractivity contribution in [1.29, 1.82) is 0 Å². The van der Waals surface area contributed by atoms with Crippen molar-refractivity contribution in [3.63, 3.8) is 0 Å². The molecule has 22 heavy (non-hydrogen) atoms. The molecule has 0 aromatic heterocycles. The Morgan fingerprint density at radius 2 is 1.55 bits per heavy atom. The second kappa shape index (κ2) is 9.28. The van der Waals surface area contributed by atoms with E-state index < -0.39 is 0 Å². The summed E-state index contributed by atoms with van der Waals surface area (Å²) in [5.74, 6) is 1.28. The van der Waals surface area contributed by atoms with E-state index in [9.17, 15) is 4.39 Å². The smallest absolute Gasteiger partial charge is 0.160 e. The standard InChI is InChI=1S/C17H20FNO2.ClH/c1-20-16-8-5-13(11-17(16)21-2)9-10-19-12-14-3-6-15(18)7-4-14;/h3-8,11,19H,9-10,12H2,1-2H3;1H. The molecule has 0 aliphatic heterocycles. The molecule has 0 saturated carbocycles. The van der Waals surface area contributed by atoms with Crippen molar-refractivity contribution in [3.05, 3.63) is 59.4 Å². The van der Waals surface area contributed by atoms with E-state index in [0.717, 1.165) is 36.6 Å². The van der Waals surface area contributed by atoms with Crippen LogP contribution in [0.15, 0.2) is 42.5 Å². The topological polar surface area (TPSA) is 30.5 Å². The Labute approximate surface area is 136 Å². The van der Waals surface area contributed by atoms with E-state index in [4.69, 9.17) is 9.47 Å². The first-order chi connectivity index (χ1) is 10.2. The zero-order valence-electron chi connectivity index (χ0n) is 12.8. The van der Waals surface area contributed by atoms with Gasteiger partial charge < -0.3 is 14.8 Å². The molecule has 3 nitrogen and oxygen atoms in total. The second-order valence-corrected chi connectivity index (χ2v) is 4.74. The average molecular weight is 326 g/mol. The molecular formula is C17H21ClFNO2. The van der Waals surface area contributed by atoms with Gasteiger partial charge in [-0.25, -0.2) is 4.39 Å². The van der Waals surface area contributed by atoms with Crippen molar-refractivity contribution >= 4 is 12.4 Å². The molecule has 0 amide bonds. The van der Waals surface area contributed by atoms with E-state index in [1.807, 2.05) is 18.2 Å². The van der Waals surface area contributed by atoms with Gasteiger partial charge in [-0.15, -0.1) is 12.4 Å². The van der Waals surface area contributed by atoms with Gasteiger partial charge in [0.15, 0.2) is 11.5 Å². The molecule has 0 heterocycles. The molecule has 0 atom stereocenters. The van der Waals surface area contributed by atoms with Crippen molar-refractivity contribution < 1.29 is 13.9 Å². The first-order valence-electron chi connectivity index (χ1n) is 6.89. The summed E-state index contributed by atoms with van der Waals surface area (Å²) in [5.41, 5.74) is 2.25. The summed E-state index contributed by atoms with van der Waals surface area (Å²) in [6.07, 6.45) is 0.890. The maximum atomic E-state index is 12.8. The Balaban J connectivity index is 0.00000242. The van der Waals surface area contributed by atoms with Crippen LogP contribution in [0.25, 0.3) is 0 Å². The minimum Gasteiger partial charge on any atom is -0.493 e. The molecule has 0 radical (unpaired) electrons. The molecule has 2 aromatic carbocycles. The molecule has 0 spiro atoms. The molecule has 0 bridgehead atoms. The number of rotatable bonds is 7. The van der Waals surface area contributed by atoms with Gasteiger partial charge in [-0.2, -0.15) is 0 Å². The zero-order valence-corrected chi connectivity index (χ0v) is 13.6. The number of nitrogens with one attached hydrogen (secondary N) is 1. The fraction of sp³-hybridized carbons (Fsp3) is 0.294. The van der Waals surface area contributed by atoms with Crippen molar-refractivity contribution in [2.75, 3.05) is 20.8 Å². The number of benzene rings is 2. The van der Waals surface area contributed by atoms with Crippen LogP contribution < -0.4 is 14.8 Å². The predicted octanol–water partition coefficient (Wildman–Crippen LogP) is 3.60. The molecular weight excluding hydrogens is 305 g/mol. The molecule has 120 valence electrons. The Hall–Kier alpha value is -1.78. The molecule has 0 fully saturated rings. The lowest BCUT2D eigenvalue weighted by molar-refractivity contribution is 0.354. The molecule has 2 rings (SSSR count). The number of ether oxygens (including phenoxy) is 2. The number of methoxy groups -OCH3 is 2. The Bertz CT molecular complexity index is 575. The Morgan fingerprint density at radius 1 is 0.909 bits per heavy atom. The van der Waals surface area contributed by atoms with Gasteiger partial charge in [0, 0.05) is 6.54 Å². The summed E-state index contributed by atoms with van der Waals surface area (Å²) < 4.78 is 23.3. The molecule has 0 aliphatic rings. The highest BCUT2D eigenvalue weighted by Crippen LogP contribution is 2.27. The summed E-state index contributed by atoms with van der Waals surface area (Å²) in [7, 11) is 3.26. The van der Waals surface area contributed by atoms with Crippen LogP contribution in [-0.4, -0.2) is 20.8 Å². The minimum absolute atomic E-state index is 0. The largest absolute Gasteiger partial charge is 0.493 e. The lowest BCUT2D eigenvalue weighted by Crippen LogP contribution is -2.16. The van der Waals surface area contributed by atoms with Crippen molar-refractivity contribution in [2.45, 2.75) is 13.0 Å². The molecule has 5 heteroatoms. The van der Waals surface area contributed by atoms with Crippen LogP contribution in [-0.2, 0) is 13.0 Å². The van der Waals surface area contributed by atoms with E-state index in [-0.39, 0.29) is 18.2 Å². The molecule has 1 N–H and O–H groups in total. The maximum absolute atomic E-state index is 12.8. The maximum Gasteiger partial charge on any atom is 0.160 e. The third kappa shape index (κ3) is 5.20. The van der Waals surface area contributed by atoms with Crippen LogP contribution >= 0.6 is 12.4 Å². The molecule has 2 aromatic rings. The van der Waals surface area contributed by atoms with E-state index >= 15 is 0 Å². The van der Waals surface area contributed by atoms with Crippen LogP contribution in [0.3, 0.4) is 0 Å². The van der Waals surface area contributed by atoms with Gasteiger partial charge in [-0.3, -0.25) is 0 Å². The monoisotopic (exact) mass is 325 g/mol. The van der Waals surface area contributed by atoms with Gasteiger partial charge in [0.25, 0.3) is 0 Å². The minimum atomic E-state index is -0.205. The third-order valence-electron chi connectivity index (χ3n) is 3.28. The van der Waals surface area contributed by atoms with E-state index in [1.165, 1.54) is 17.7 Å². The molecule has 0 unspecified atom stereocenters. The highest BCUT2D eigenvalue weighted by Gasteiger charge is 2.04. The second-order valence-electron chi connectivity index (χ2n) is 4.74. The number of hydrogen-bond donors (Lipinski definition) is 1. The molecule has 0 saturated heterocycles. The van der Waals surface area contributed by atoms with Crippen LogP contribution in [0.1, 0.15) is 11.1 Å². The number of halogens is 2. The van der Waals surface area contributed by atoms with E-state index in [0.29, 0.717) is 0 Å². The quantitative estimate of drug-likeness (QED) is 0.789. The average Bonchev–Trinajstić information content (AvgIpc) is 2.53. The Kier molecular flexibility index (Phi) is 7.71. The lowest BCUT2D eigenvalue weighted by Gasteiger charge is -2.10. The van der Waals surface area contributed by atoms with Crippen molar-refractivity contribution in [1.82, 2.24) is 5.32 Å². The van der Waals surface area contributed by atoms with Crippen LogP contribution in [0, 0.1) is 5.82 Å². The van der Waals surface area contributed by atoms with Gasteiger partial charge in [-0.05, 0) is 48.4 Å². The SMILES string of the molecule is COc1ccc(CCNCc2ccc(F)cc2)cc1OC.Cl. The van der Waals surface area contributed by atoms with Crippen molar-refractivity contribution in [2.24, 2.45) is 0 Å². The normalized spacial score (nSPS) is 9.95. The van der Waals surface area contributed by atoms with Gasteiger partial charge in [0.2, 0.25) is 0 Å². The summed E-state index contributed by atoms with van der Waals surface area (Å²) >= 11 is 0. The van der Waals surface area contributed by atoms with E-state index in [1.54, 1.807) is 26.4 Å². The van der Waals surface area contributed by atoms with Gasteiger partial charge in [0.05, 0.1) is 14.2 Å². The fourth-order valence-corrected chi connectivity index (χ4v) is 2.10. The summed E-state index contributed by atoms with van der Waals surface area (Å²) in [6, 6.07) is 12.5. The predicted molar refractivity (Wildman–Crippen MR) is 88.6 cm³/mol. The third-order valence-corrected chi connectivity index (χ3v) is 3.28. The zero-order chi connectivity index (χ0) is 15.1. The van der Waals surface area contributed by atoms with Gasteiger partial charge in [-0.1, -0.05) is 18.2 Å². The summed E-state index contributed by atoms with van der Waals surface area (Å²) in [5, 5.41) is 3.34. The van der Waals surface area contributed by atoms with Crippen LogP contribution in [0.5, 0.6) is 11.5 Å². The molecule has 0 aliphatic carbocycles. The first kappa shape index (κ1) is 18.3. The fourth-order valence-electron chi connectivity index (χ4n) is 2.10. The van der Waals surface area contributed by atoms with Gasteiger partial charge in [0.1, 0.15) is 5.82 Å². The van der Waals surface area contributed by atoms with Crippen LogP contribution in [0.2, 0.25) is 0 Å². The van der Waals surface area contributed by atoms with E-state index in [2.05, 4.69) is 5.32 Å². The number of hydrogen-bond acceptors (Lipinski definition) is 3. The van der Waals surface area contributed by atoms with Crippen molar-refractivity contribution in [3.8, 4) is 11.5 Å². The Morgan fingerprint density at radius 3 is 2.18 bits per heavy atom. The lowest BCUT2D eigenvalue weighted by atomic mass is 10.1. The highest BCUT2D eigenvalue weighted by molar-refractivity contribution is 5.85. The highest BCUT2D eigenvalue weighted by atomic mass is 35.5. The van der Waals surface area contributed by atoms with Gasteiger partial charge >= 0.3 is 0 Å². The summed E-state index contributed by atoms with van der Waals surface area (Å²) in [6.45, 7) is 1.57.